The second-order valence-electron chi connectivity index (χ2n) is 3.48. The van der Waals surface area contributed by atoms with Crippen LogP contribution < -0.4 is 4.74 Å². The minimum Gasteiger partial charge on any atom is -0.490 e. The molecule has 0 saturated carbocycles. The van der Waals surface area contributed by atoms with Gasteiger partial charge >= 0.3 is 0 Å². The molecule has 0 bridgehead atoms. The summed E-state index contributed by atoms with van der Waals surface area (Å²) in [7, 11) is 0. The van der Waals surface area contributed by atoms with Gasteiger partial charge in [0.05, 0.1) is 6.61 Å². The van der Waals surface area contributed by atoms with E-state index in [0.717, 1.165) is 17.3 Å². The van der Waals surface area contributed by atoms with Gasteiger partial charge in [0.25, 0.3) is 0 Å². The van der Waals surface area contributed by atoms with Crippen LogP contribution in [-0.2, 0) is 0 Å². The lowest BCUT2D eigenvalue weighted by Gasteiger charge is -2.07. The van der Waals surface area contributed by atoms with Crippen molar-refractivity contribution >= 4 is 15.9 Å². The second-order valence-corrected chi connectivity index (χ2v) is 4.40. The lowest BCUT2D eigenvalue weighted by molar-refractivity contribution is 0.290. The van der Waals surface area contributed by atoms with Crippen molar-refractivity contribution in [2.24, 2.45) is 0 Å². The summed E-state index contributed by atoms with van der Waals surface area (Å²) in [6, 6.07) is 4.74. The molecule has 0 aliphatic carbocycles. The predicted molar refractivity (Wildman–Crippen MR) is 63.7 cm³/mol. The van der Waals surface area contributed by atoms with Crippen LogP contribution in [0.15, 0.2) is 22.7 Å². The van der Waals surface area contributed by atoms with Crippen molar-refractivity contribution in [3.8, 4) is 5.75 Å². The number of halogens is 2. The number of ether oxygens (including phenoxy) is 1. The Balaban J connectivity index is 2.33. The Kier molecular flexibility index (Phi) is 5.69. The summed E-state index contributed by atoms with van der Waals surface area (Å²) < 4.78 is 19.4. The molecule has 0 aliphatic rings. The third-order valence-electron chi connectivity index (χ3n) is 2.15. The average molecular weight is 275 g/mol. The molecule has 0 N–H and O–H groups in total. The molecule has 84 valence electrons. The van der Waals surface area contributed by atoms with Crippen molar-refractivity contribution in [2.45, 2.75) is 32.6 Å². The Morgan fingerprint density at radius 2 is 2.07 bits per heavy atom. The topological polar surface area (TPSA) is 9.23 Å². The van der Waals surface area contributed by atoms with E-state index in [9.17, 15) is 4.39 Å². The van der Waals surface area contributed by atoms with Gasteiger partial charge in [-0.2, -0.15) is 0 Å². The molecule has 1 rings (SSSR count). The van der Waals surface area contributed by atoms with Crippen LogP contribution in [0.2, 0.25) is 0 Å². The van der Waals surface area contributed by atoms with Crippen molar-refractivity contribution < 1.29 is 9.13 Å². The third kappa shape index (κ3) is 4.65. The Hall–Kier alpha value is -0.570. The fourth-order valence-electron chi connectivity index (χ4n) is 1.30. The van der Waals surface area contributed by atoms with Gasteiger partial charge in [-0.1, -0.05) is 42.1 Å². The summed E-state index contributed by atoms with van der Waals surface area (Å²) >= 11 is 3.28. The van der Waals surface area contributed by atoms with Crippen LogP contribution in [0.3, 0.4) is 0 Å². The molecular formula is C12H16BrFO. The number of rotatable bonds is 6. The maximum Gasteiger partial charge on any atom is 0.165 e. The van der Waals surface area contributed by atoms with Gasteiger partial charge in [0.2, 0.25) is 0 Å². The summed E-state index contributed by atoms with van der Waals surface area (Å²) in [6.45, 7) is 2.75. The molecular weight excluding hydrogens is 259 g/mol. The molecule has 0 unspecified atom stereocenters. The van der Waals surface area contributed by atoms with Crippen LogP contribution in [0.4, 0.5) is 4.39 Å². The quantitative estimate of drug-likeness (QED) is 0.692. The zero-order chi connectivity index (χ0) is 11.1. The second kappa shape index (κ2) is 6.83. The van der Waals surface area contributed by atoms with Gasteiger partial charge in [0.1, 0.15) is 0 Å². The van der Waals surface area contributed by atoms with E-state index in [1.165, 1.54) is 18.9 Å². The number of hydrogen-bond donors (Lipinski definition) is 0. The van der Waals surface area contributed by atoms with Crippen molar-refractivity contribution in [3.05, 3.63) is 28.5 Å². The van der Waals surface area contributed by atoms with Crippen LogP contribution in [0.1, 0.15) is 32.6 Å². The first-order chi connectivity index (χ1) is 7.24. The summed E-state index contributed by atoms with van der Waals surface area (Å²) in [5.41, 5.74) is 0. The first-order valence-electron chi connectivity index (χ1n) is 5.32. The highest BCUT2D eigenvalue weighted by molar-refractivity contribution is 9.10. The molecule has 3 heteroatoms. The van der Waals surface area contributed by atoms with Gasteiger partial charge in [-0.3, -0.25) is 0 Å². The molecule has 1 aromatic rings. The largest absolute Gasteiger partial charge is 0.490 e. The van der Waals surface area contributed by atoms with Crippen LogP contribution in [0, 0.1) is 5.82 Å². The minimum atomic E-state index is -0.298. The molecule has 0 atom stereocenters. The van der Waals surface area contributed by atoms with Gasteiger partial charge in [-0.05, 0) is 24.6 Å². The van der Waals surface area contributed by atoms with Gasteiger partial charge in [0.15, 0.2) is 11.6 Å². The zero-order valence-corrected chi connectivity index (χ0v) is 10.5. The Morgan fingerprint density at radius 3 is 2.80 bits per heavy atom. The lowest BCUT2D eigenvalue weighted by Crippen LogP contribution is -1.99. The van der Waals surface area contributed by atoms with Crippen molar-refractivity contribution in [1.82, 2.24) is 0 Å². The fraction of sp³-hybridized carbons (Fsp3) is 0.500. The van der Waals surface area contributed by atoms with E-state index >= 15 is 0 Å². The minimum absolute atomic E-state index is 0.298. The lowest BCUT2D eigenvalue weighted by atomic mass is 10.2. The van der Waals surface area contributed by atoms with Gasteiger partial charge < -0.3 is 4.74 Å². The molecule has 0 fully saturated rings. The van der Waals surface area contributed by atoms with E-state index < -0.39 is 0 Å². The molecule has 0 spiro atoms. The van der Waals surface area contributed by atoms with E-state index in [2.05, 4.69) is 22.9 Å². The number of unbranched alkanes of at least 4 members (excludes halogenated alkanes) is 3. The summed E-state index contributed by atoms with van der Waals surface area (Å²) in [6.07, 6.45) is 4.54. The van der Waals surface area contributed by atoms with E-state index in [-0.39, 0.29) is 5.82 Å². The summed E-state index contributed by atoms with van der Waals surface area (Å²) in [4.78, 5) is 0. The van der Waals surface area contributed by atoms with E-state index in [1.807, 2.05) is 0 Å². The highest BCUT2D eigenvalue weighted by Gasteiger charge is 2.03. The molecule has 1 nitrogen and oxygen atoms in total. The zero-order valence-electron chi connectivity index (χ0n) is 8.93. The Labute approximate surface area is 98.8 Å². The number of hydrogen-bond acceptors (Lipinski definition) is 1. The monoisotopic (exact) mass is 274 g/mol. The molecule has 0 heterocycles. The average Bonchev–Trinajstić information content (AvgIpc) is 2.23. The molecule has 0 radical (unpaired) electrons. The molecule has 0 aromatic heterocycles. The molecule has 15 heavy (non-hydrogen) atoms. The molecule has 1 aromatic carbocycles. The van der Waals surface area contributed by atoms with Crippen LogP contribution >= 0.6 is 15.9 Å². The molecule has 0 saturated heterocycles. The van der Waals surface area contributed by atoms with E-state index in [1.54, 1.807) is 12.1 Å². The fourth-order valence-corrected chi connectivity index (χ4v) is 1.64. The van der Waals surface area contributed by atoms with Gasteiger partial charge in [-0.25, -0.2) is 4.39 Å². The SMILES string of the molecule is CCCCCCOc1cc(Br)ccc1F. The van der Waals surface area contributed by atoms with Crippen LogP contribution in [0.25, 0.3) is 0 Å². The normalized spacial score (nSPS) is 10.3. The van der Waals surface area contributed by atoms with Crippen molar-refractivity contribution in [1.29, 1.82) is 0 Å². The predicted octanol–water partition coefficient (Wildman–Crippen LogP) is 4.55. The first kappa shape index (κ1) is 12.5. The van der Waals surface area contributed by atoms with Crippen LogP contribution in [0.5, 0.6) is 5.75 Å². The van der Waals surface area contributed by atoms with Gasteiger partial charge in [0, 0.05) is 4.47 Å². The van der Waals surface area contributed by atoms with E-state index in [4.69, 9.17) is 4.74 Å². The summed E-state index contributed by atoms with van der Waals surface area (Å²) in [5.74, 6) is 0.0366. The Bertz CT molecular complexity index is 302. The highest BCUT2D eigenvalue weighted by atomic mass is 79.9. The molecule has 0 amide bonds. The smallest absolute Gasteiger partial charge is 0.165 e. The molecule has 0 aliphatic heterocycles. The first-order valence-corrected chi connectivity index (χ1v) is 6.11. The maximum atomic E-state index is 13.2. The Morgan fingerprint density at radius 1 is 1.27 bits per heavy atom. The highest BCUT2D eigenvalue weighted by Crippen LogP contribution is 2.22. The van der Waals surface area contributed by atoms with Crippen LogP contribution in [-0.4, -0.2) is 6.61 Å². The van der Waals surface area contributed by atoms with E-state index in [0.29, 0.717) is 12.4 Å². The standard InChI is InChI=1S/C12H16BrFO/c1-2-3-4-5-8-15-12-9-10(13)6-7-11(12)14/h6-7,9H,2-5,8H2,1H3. The maximum absolute atomic E-state index is 13.2. The van der Waals surface area contributed by atoms with Crippen molar-refractivity contribution in [2.75, 3.05) is 6.61 Å². The number of benzene rings is 1. The van der Waals surface area contributed by atoms with Crippen molar-refractivity contribution in [3.63, 3.8) is 0 Å². The summed E-state index contributed by atoms with van der Waals surface area (Å²) in [5, 5.41) is 0. The third-order valence-corrected chi connectivity index (χ3v) is 2.64. The van der Waals surface area contributed by atoms with Gasteiger partial charge in [-0.15, -0.1) is 0 Å².